The molecule has 0 unspecified atom stereocenters. The number of carbonyl (C=O) groups is 1. The van der Waals surface area contributed by atoms with Gasteiger partial charge in [-0.2, -0.15) is 0 Å². The van der Waals surface area contributed by atoms with Gasteiger partial charge in [0.25, 0.3) is 0 Å². The van der Waals surface area contributed by atoms with Crippen molar-refractivity contribution in [3.05, 3.63) is 34.5 Å². The lowest BCUT2D eigenvalue weighted by molar-refractivity contribution is -0.124. The van der Waals surface area contributed by atoms with Crippen molar-refractivity contribution in [1.82, 2.24) is 10.3 Å². The van der Waals surface area contributed by atoms with E-state index in [1.54, 1.807) is 0 Å². The molecule has 96 valence electrons. The number of hydrogen-bond acceptors (Lipinski definition) is 1. The quantitative estimate of drug-likeness (QED) is 0.877. The molecule has 2 aromatic rings. The van der Waals surface area contributed by atoms with Gasteiger partial charge in [0.1, 0.15) is 0 Å². The molecule has 4 heteroatoms. The summed E-state index contributed by atoms with van der Waals surface area (Å²) in [5.74, 6) is 0.0638. The van der Waals surface area contributed by atoms with Crippen LogP contribution in [-0.2, 0) is 11.3 Å². The van der Waals surface area contributed by atoms with Crippen molar-refractivity contribution >= 4 is 28.4 Å². The van der Waals surface area contributed by atoms with Crippen LogP contribution in [0.4, 0.5) is 0 Å². The van der Waals surface area contributed by atoms with E-state index in [0.29, 0.717) is 6.54 Å². The number of aromatic nitrogens is 1. The van der Waals surface area contributed by atoms with Gasteiger partial charge >= 0.3 is 0 Å². The molecule has 0 radical (unpaired) electrons. The Morgan fingerprint density at radius 2 is 2.11 bits per heavy atom. The Kier molecular flexibility index (Phi) is 3.62. The molecule has 1 aromatic carbocycles. The Morgan fingerprint density at radius 1 is 1.39 bits per heavy atom. The summed E-state index contributed by atoms with van der Waals surface area (Å²) in [6, 6.07) is 5.98. The lowest BCUT2D eigenvalue weighted by atomic mass is 10.2. The van der Waals surface area contributed by atoms with Crippen LogP contribution in [0.5, 0.6) is 0 Å². The minimum Gasteiger partial charge on any atom is -0.357 e. The van der Waals surface area contributed by atoms with E-state index in [9.17, 15) is 4.79 Å². The molecule has 2 N–H and O–H groups in total. The van der Waals surface area contributed by atoms with Crippen LogP contribution in [0, 0.1) is 12.8 Å². The van der Waals surface area contributed by atoms with Crippen LogP contribution in [0.2, 0.25) is 5.02 Å². The summed E-state index contributed by atoms with van der Waals surface area (Å²) in [4.78, 5) is 14.8. The van der Waals surface area contributed by atoms with E-state index in [0.717, 1.165) is 27.2 Å². The van der Waals surface area contributed by atoms with Crippen molar-refractivity contribution in [2.24, 2.45) is 5.92 Å². The van der Waals surface area contributed by atoms with Crippen molar-refractivity contribution in [3.63, 3.8) is 0 Å². The second-order valence-electron chi connectivity index (χ2n) is 4.86. The molecule has 0 bridgehead atoms. The summed E-state index contributed by atoms with van der Waals surface area (Å²) >= 11 is 6.08. The molecule has 0 aliphatic carbocycles. The zero-order valence-electron chi connectivity index (χ0n) is 10.8. The Balaban J connectivity index is 2.18. The smallest absolute Gasteiger partial charge is 0.222 e. The number of carbonyl (C=O) groups excluding carboxylic acids is 1. The monoisotopic (exact) mass is 264 g/mol. The average molecular weight is 265 g/mol. The predicted octanol–water partition coefficient (Wildman–Crippen LogP) is 3.40. The Bertz CT molecular complexity index is 548. The summed E-state index contributed by atoms with van der Waals surface area (Å²) in [7, 11) is 0. The number of rotatable bonds is 3. The van der Waals surface area contributed by atoms with Gasteiger partial charge in [0.05, 0.1) is 6.54 Å². The standard InChI is InChI=1S/C14H17ClN2O/c1-8(2)14(18)16-7-11-5-10-6-12(15)9(3)4-13(10)17-11/h4-6,8,17H,7H2,1-3H3,(H,16,18). The van der Waals surface area contributed by atoms with Gasteiger partial charge in [-0.3, -0.25) is 4.79 Å². The van der Waals surface area contributed by atoms with Gasteiger partial charge in [0.2, 0.25) is 5.91 Å². The number of halogens is 1. The van der Waals surface area contributed by atoms with Crippen LogP contribution in [0.25, 0.3) is 10.9 Å². The second-order valence-corrected chi connectivity index (χ2v) is 5.26. The van der Waals surface area contributed by atoms with E-state index in [2.05, 4.69) is 10.3 Å². The van der Waals surface area contributed by atoms with Crippen LogP contribution in [0.15, 0.2) is 18.2 Å². The van der Waals surface area contributed by atoms with Crippen LogP contribution >= 0.6 is 11.6 Å². The third kappa shape index (κ3) is 2.67. The zero-order valence-corrected chi connectivity index (χ0v) is 11.6. The molecular formula is C14H17ClN2O. The van der Waals surface area contributed by atoms with Crippen molar-refractivity contribution in [1.29, 1.82) is 0 Å². The largest absolute Gasteiger partial charge is 0.357 e. The number of H-pyrrole nitrogens is 1. The number of nitrogens with one attached hydrogen (secondary N) is 2. The van der Waals surface area contributed by atoms with E-state index in [1.165, 1.54) is 0 Å². The number of amides is 1. The minimum absolute atomic E-state index is 0.00562. The maximum Gasteiger partial charge on any atom is 0.222 e. The fourth-order valence-electron chi connectivity index (χ4n) is 1.80. The number of hydrogen-bond donors (Lipinski definition) is 2. The fraction of sp³-hybridized carbons (Fsp3) is 0.357. The van der Waals surface area contributed by atoms with E-state index in [-0.39, 0.29) is 11.8 Å². The molecule has 0 aliphatic heterocycles. The predicted molar refractivity (Wildman–Crippen MR) is 74.7 cm³/mol. The Hall–Kier alpha value is -1.48. The highest BCUT2D eigenvalue weighted by atomic mass is 35.5. The molecule has 2 rings (SSSR count). The molecule has 0 spiro atoms. The first kappa shape index (κ1) is 13.0. The third-order valence-electron chi connectivity index (χ3n) is 2.93. The number of benzene rings is 1. The molecule has 0 fully saturated rings. The van der Waals surface area contributed by atoms with Gasteiger partial charge in [-0.05, 0) is 30.7 Å². The van der Waals surface area contributed by atoms with E-state index < -0.39 is 0 Å². The SMILES string of the molecule is Cc1cc2[nH]c(CNC(=O)C(C)C)cc2cc1Cl. The number of aryl methyl sites for hydroxylation is 1. The fourth-order valence-corrected chi connectivity index (χ4v) is 1.98. The molecule has 1 amide bonds. The summed E-state index contributed by atoms with van der Waals surface area (Å²) in [6.07, 6.45) is 0. The van der Waals surface area contributed by atoms with E-state index >= 15 is 0 Å². The average Bonchev–Trinajstić information content (AvgIpc) is 2.68. The van der Waals surface area contributed by atoms with Gasteiger partial charge in [-0.25, -0.2) is 0 Å². The maximum absolute atomic E-state index is 11.5. The molecule has 1 heterocycles. The lowest BCUT2D eigenvalue weighted by Gasteiger charge is -2.05. The Morgan fingerprint density at radius 3 is 2.78 bits per heavy atom. The van der Waals surface area contributed by atoms with Gasteiger partial charge < -0.3 is 10.3 Å². The van der Waals surface area contributed by atoms with Gasteiger partial charge in [0, 0.05) is 27.5 Å². The van der Waals surface area contributed by atoms with Crippen molar-refractivity contribution < 1.29 is 4.79 Å². The van der Waals surface area contributed by atoms with Crippen LogP contribution in [0.3, 0.4) is 0 Å². The topological polar surface area (TPSA) is 44.9 Å². The second kappa shape index (κ2) is 5.02. The first-order chi connectivity index (χ1) is 8.47. The molecule has 18 heavy (non-hydrogen) atoms. The van der Waals surface area contributed by atoms with Crippen molar-refractivity contribution in [2.45, 2.75) is 27.3 Å². The lowest BCUT2D eigenvalue weighted by Crippen LogP contribution is -2.27. The first-order valence-corrected chi connectivity index (χ1v) is 6.40. The molecule has 0 saturated heterocycles. The third-order valence-corrected chi connectivity index (χ3v) is 3.34. The van der Waals surface area contributed by atoms with Gasteiger partial charge in [0.15, 0.2) is 0 Å². The van der Waals surface area contributed by atoms with E-state index in [1.807, 2.05) is 39.0 Å². The highest BCUT2D eigenvalue weighted by Crippen LogP contribution is 2.23. The summed E-state index contributed by atoms with van der Waals surface area (Å²) in [5, 5.41) is 4.72. The highest BCUT2D eigenvalue weighted by Gasteiger charge is 2.08. The van der Waals surface area contributed by atoms with Crippen molar-refractivity contribution in [3.8, 4) is 0 Å². The van der Waals surface area contributed by atoms with Gasteiger partial charge in [-0.15, -0.1) is 0 Å². The molecular weight excluding hydrogens is 248 g/mol. The van der Waals surface area contributed by atoms with Crippen LogP contribution in [0.1, 0.15) is 25.1 Å². The van der Waals surface area contributed by atoms with E-state index in [4.69, 9.17) is 11.6 Å². The molecule has 0 saturated carbocycles. The summed E-state index contributed by atoms with van der Waals surface area (Å²) in [6.45, 7) is 6.25. The summed E-state index contributed by atoms with van der Waals surface area (Å²) < 4.78 is 0. The molecule has 3 nitrogen and oxygen atoms in total. The summed E-state index contributed by atoms with van der Waals surface area (Å²) in [5.41, 5.74) is 3.08. The first-order valence-electron chi connectivity index (χ1n) is 6.03. The molecule has 1 aromatic heterocycles. The van der Waals surface area contributed by atoms with Crippen LogP contribution < -0.4 is 5.32 Å². The van der Waals surface area contributed by atoms with Crippen molar-refractivity contribution in [2.75, 3.05) is 0 Å². The number of fused-ring (bicyclic) bond motifs is 1. The Labute approximate surface area is 112 Å². The normalized spacial score (nSPS) is 11.2. The number of aromatic amines is 1. The zero-order chi connectivity index (χ0) is 13.3. The van der Waals surface area contributed by atoms with Gasteiger partial charge in [-0.1, -0.05) is 25.4 Å². The molecule has 0 atom stereocenters. The highest BCUT2D eigenvalue weighted by molar-refractivity contribution is 6.32. The molecule has 0 aliphatic rings. The van der Waals surface area contributed by atoms with Crippen LogP contribution in [-0.4, -0.2) is 10.9 Å². The minimum atomic E-state index is 0.00562. The maximum atomic E-state index is 11.5.